The molecule has 1 atom stereocenters. The quantitative estimate of drug-likeness (QED) is 0.898. The maximum absolute atomic E-state index is 5.50. The van der Waals surface area contributed by atoms with Crippen LogP contribution >= 0.6 is 0 Å². The van der Waals surface area contributed by atoms with Gasteiger partial charge in [-0.2, -0.15) is 0 Å². The number of anilines is 1. The van der Waals surface area contributed by atoms with Gasteiger partial charge in [0.1, 0.15) is 0 Å². The van der Waals surface area contributed by atoms with Crippen molar-refractivity contribution in [1.82, 2.24) is 4.98 Å². The highest BCUT2D eigenvalue weighted by atomic mass is 16.5. The van der Waals surface area contributed by atoms with E-state index in [1.54, 1.807) is 0 Å². The van der Waals surface area contributed by atoms with Gasteiger partial charge in [-0.1, -0.05) is 18.2 Å². The molecule has 1 N–H and O–H groups in total. The Morgan fingerprint density at radius 3 is 3.11 bits per heavy atom. The van der Waals surface area contributed by atoms with Gasteiger partial charge < -0.3 is 10.1 Å². The van der Waals surface area contributed by atoms with Crippen LogP contribution in [0.5, 0.6) is 0 Å². The molecule has 3 heteroatoms. The summed E-state index contributed by atoms with van der Waals surface area (Å²) in [6, 6.07) is 10.3. The summed E-state index contributed by atoms with van der Waals surface area (Å²) in [6.45, 7) is 2.77. The molecular formula is C15H18N2O. The Morgan fingerprint density at radius 2 is 2.22 bits per heavy atom. The Labute approximate surface area is 107 Å². The van der Waals surface area contributed by atoms with Crippen LogP contribution in [0, 0.1) is 5.92 Å². The first-order valence-corrected chi connectivity index (χ1v) is 6.59. The third kappa shape index (κ3) is 2.46. The van der Waals surface area contributed by atoms with Crippen molar-refractivity contribution >= 4 is 16.6 Å². The zero-order valence-electron chi connectivity index (χ0n) is 10.4. The van der Waals surface area contributed by atoms with Gasteiger partial charge >= 0.3 is 0 Å². The molecule has 18 heavy (non-hydrogen) atoms. The van der Waals surface area contributed by atoms with Gasteiger partial charge in [-0.05, 0) is 30.9 Å². The lowest BCUT2D eigenvalue weighted by atomic mass is 10.0. The number of benzene rings is 1. The van der Waals surface area contributed by atoms with E-state index in [1.807, 2.05) is 12.3 Å². The van der Waals surface area contributed by atoms with E-state index >= 15 is 0 Å². The highest BCUT2D eigenvalue weighted by Gasteiger charge is 2.13. The Kier molecular flexibility index (Phi) is 3.42. The highest BCUT2D eigenvalue weighted by molar-refractivity contribution is 5.90. The van der Waals surface area contributed by atoms with Crippen LogP contribution in [0.15, 0.2) is 36.5 Å². The molecule has 0 amide bonds. The molecule has 0 saturated carbocycles. The first kappa shape index (κ1) is 11.5. The number of ether oxygens (including phenoxy) is 1. The zero-order chi connectivity index (χ0) is 12.2. The molecule has 0 aliphatic carbocycles. The van der Waals surface area contributed by atoms with E-state index in [2.05, 4.69) is 34.6 Å². The maximum Gasteiger partial charge on any atom is 0.0933 e. The molecule has 0 bridgehead atoms. The third-order valence-electron chi connectivity index (χ3n) is 3.47. The van der Waals surface area contributed by atoms with Crippen LogP contribution in [-0.2, 0) is 4.74 Å². The average molecular weight is 242 g/mol. The maximum atomic E-state index is 5.50. The number of hydrogen-bond donors (Lipinski definition) is 1. The van der Waals surface area contributed by atoms with Crippen molar-refractivity contribution in [3.05, 3.63) is 36.5 Å². The lowest BCUT2D eigenvalue weighted by molar-refractivity contribution is 0.0595. The summed E-state index contributed by atoms with van der Waals surface area (Å²) >= 11 is 0. The molecule has 3 rings (SSSR count). The second kappa shape index (κ2) is 5.36. The average Bonchev–Trinajstić information content (AvgIpc) is 2.46. The largest absolute Gasteiger partial charge is 0.383 e. The fourth-order valence-electron chi connectivity index (χ4n) is 2.47. The molecular weight excluding hydrogens is 224 g/mol. The molecule has 2 aromatic rings. The molecule has 94 valence electrons. The molecule has 1 aliphatic heterocycles. The molecule has 1 aliphatic rings. The Bertz CT molecular complexity index is 515. The molecule has 1 saturated heterocycles. The van der Waals surface area contributed by atoms with E-state index in [0.29, 0.717) is 5.92 Å². The van der Waals surface area contributed by atoms with Crippen LogP contribution in [0.1, 0.15) is 12.8 Å². The van der Waals surface area contributed by atoms with E-state index in [9.17, 15) is 0 Å². The van der Waals surface area contributed by atoms with Crippen molar-refractivity contribution in [3.8, 4) is 0 Å². The number of nitrogens with zero attached hydrogens (tertiary/aromatic N) is 1. The van der Waals surface area contributed by atoms with Gasteiger partial charge in [-0.3, -0.25) is 4.98 Å². The fraction of sp³-hybridized carbons (Fsp3) is 0.400. The summed E-state index contributed by atoms with van der Waals surface area (Å²) < 4.78 is 5.50. The first-order valence-electron chi connectivity index (χ1n) is 6.59. The summed E-state index contributed by atoms with van der Waals surface area (Å²) in [5.41, 5.74) is 2.18. The fourth-order valence-corrected chi connectivity index (χ4v) is 2.47. The number of rotatable bonds is 3. The smallest absolute Gasteiger partial charge is 0.0933 e. The molecule has 1 unspecified atom stereocenters. The van der Waals surface area contributed by atoms with Gasteiger partial charge in [-0.15, -0.1) is 0 Å². The summed E-state index contributed by atoms with van der Waals surface area (Å²) in [4.78, 5) is 4.45. The molecule has 1 aromatic heterocycles. The molecule has 0 radical (unpaired) electrons. The number of hydrogen-bond acceptors (Lipinski definition) is 3. The second-order valence-electron chi connectivity index (χ2n) is 4.84. The minimum atomic E-state index is 0.623. The van der Waals surface area contributed by atoms with Gasteiger partial charge in [-0.25, -0.2) is 0 Å². The van der Waals surface area contributed by atoms with Crippen LogP contribution in [0.4, 0.5) is 5.69 Å². The minimum Gasteiger partial charge on any atom is -0.383 e. The summed E-state index contributed by atoms with van der Waals surface area (Å²) in [7, 11) is 0. The normalized spacial score (nSPS) is 19.9. The van der Waals surface area contributed by atoms with Gasteiger partial charge in [0.2, 0.25) is 0 Å². The van der Waals surface area contributed by atoms with Gasteiger partial charge in [0.25, 0.3) is 0 Å². The van der Waals surface area contributed by atoms with Crippen molar-refractivity contribution in [2.45, 2.75) is 12.8 Å². The van der Waals surface area contributed by atoms with Crippen molar-refractivity contribution < 1.29 is 4.74 Å². The number of nitrogens with one attached hydrogen (secondary N) is 1. The summed E-state index contributed by atoms with van der Waals surface area (Å²) in [5, 5.41) is 4.70. The predicted molar refractivity (Wildman–Crippen MR) is 73.8 cm³/mol. The van der Waals surface area contributed by atoms with Gasteiger partial charge in [0, 0.05) is 24.7 Å². The number of para-hydroxylation sites is 1. The van der Waals surface area contributed by atoms with Crippen molar-refractivity contribution in [2.75, 3.05) is 25.1 Å². The van der Waals surface area contributed by atoms with Crippen LogP contribution < -0.4 is 5.32 Å². The second-order valence-corrected chi connectivity index (χ2v) is 4.84. The summed E-state index contributed by atoms with van der Waals surface area (Å²) in [6.07, 6.45) is 4.28. The Morgan fingerprint density at radius 1 is 1.28 bits per heavy atom. The summed E-state index contributed by atoms with van der Waals surface area (Å²) in [5.74, 6) is 0.623. The molecule has 1 aromatic carbocycles. The first-order chi connectivity index (χ1) is 8.93. The lowest BCUT2D eigenvalue weighted by Gasteiger charge is -2.22. The van der Waals surface area contributed by atoms with Crippen LogP contribution in [0.3, 0.4) is 0 Å². The SMILES string of the molecule is c1cnc2c(NCC3CCCOC3)cccc2c1. The Balaban J connectivity index is 1.74. The van der Waals surface area contributed by atoms with Crippen molar-refractivity contribution in [1.29, 1.82) is 0 Å². The van der Waals surface area contributed by atoms with E-state index < -0.39 is 0 Å². The van der Waals surface area contributed by atoms with E-state index in [-0.39, 0.29) is 0 Å². The monoisotopic (exact) mass is 242 g/mol. The topological polar surface area (TPSA) is 34.2 Å². The van der Waals surface area contributed by atoms with E-state index in [1.165, 1.54) is 18.2 Å². The number of fused-ring (bicyclic) bond motifs is 1. The zero-order valence-corrected chi connectivity index (χ0v) is 10.4. The van der Waals surface area contributed by atoms with E-state index in [0.717, 1.165) is 31.0 Å². The van der Waals surface area contributed by atoms with Crippen molar-refractivity contribution in [3.63, 3.8) is 0 Å². The third-order valence-corrected chi connectivity index (χ3v) is 3.47. The van der Waals surface area contributed by atoms with Crippen LogP contribution in [-0.4, -0.2) is 24.7 Å². The number of aromatic nitrogens is 1. The van der Waals surface area contributed by atoms with Gasteiger partial charge in [0.15, 0.2) is 0 Å². The van der Waals surface area contributed by atoms with E-state index in [4.69, 9.17) is 4.74 Å². The van der Waals surface area contributed by atoms with Crippen LogP contribution in [0.2, 0.25) is 0 Å². The standard InChI is InChI=1S/C15H18N2O/c1-5-13-6-2-8-16-15(13)14(7-1)17-10-12-4-3-9-18-11-12/h1-2,5-8,12,17H,3-4,9-11H2. The van der Waals surface area contributed by atoms with Crippen molar-refractivity contribution in [2.24, 2.45) is 5.92 Å². The highest BCUT2D eigenvalue weighted by Crippen LogP contribution is 2.22. The molecule has 1 fully saturated rings. The molecule has 0 spiro atoms. The Hall–Kier alpha value is -1.61. The molecule has 3 nitrogen and oxygen atoms in total. The molecule has 2 heterocycles. The predicted octanol–water partition coefficient (Wildman–Crippen LogP) is 3.07. The van der Waals surface area contributed by atoms with Crippen LogP contribution in [0.25, 0.3) is 10.9 Å². The van der Waals surface area contributed by atoms with Gasteiger partial charge in [0.05, 0.1) is 17.8 Å². The number of pyridine rings is 1. The minimum absolute atomic E-state index is 0.623. The lowest BCUT2D eigenvalue weighted by Crippen LogP contribution is -2.24.